The summed E-state index contributed by atoms with van der Waals surface area (Å²) in [7, 11) is 0. The summed E-state index contributed by atoms with van der Waals surface area (Å²) in [5, 5.41) is 2.15. The molecule has 0 saturated heterocycles. The number of ether oxygens (including phenoxy) is 1. The highest BCUT2D eigenvalue weighted by molar-refractivity contribution is 7.13. The highest BCUT2D eigenvalue weighted by atomic mass is 32.1. The summed E-state index contributed by atoms with van der Waals surface area (Å²) in [6.07, 6.45) is 19.2. The van der Waals surface area contributed by atoms with Crippen molar-refractivity contribution in [1.29, 1.82) is 0 Å². The van der Waals surface area contributed by atoms with Gasteiger partial charge < -0.3 is 4.74 Å². The fourth-order valence-corrected chi connectivity index (χ4v) is 5.73. The number of rotatable bonds is 14. The van der Waals surface area contributed by atoms with Crippen LogP contribution in [0.5, 0.6) is 5.75 Å². The molecule has 0 bridgehead atoms. The summed E-state index contributed by atoms with van der Waals surface area (Å²) in [5.41, 5.74) is 6.64. The molecule has 33 heavy (non-hydrogen) atoms. The zero-order chi connectivity index (χ0) is 22.7. The lowest BCUT2D eigenvalue weighted by atomic mass is 9.99. The summed E-state index contributed by atoms with van der Waals surface area (Å²) in [6, 6.07) is 12.9. The smallest absolute Gasteiger partial charge is 0.119 e. The van der Waals surface area contributed by atoms with Crippen molar-refractivity contribution in [3.05, 3.63) is 59.1 Å². The van der Waals surface area contributed by atoms with Crippen LogP contribution < -0.4 is 4.74 Å². The summed E-state index contributed by atoms with van der Waals surface area (Å²) in [6.45, 7) is 3.10. The largest absolute Gasteiger partial charge is 0.494 e. The lowest BCUT2D eigenvalue weighted by Crippen LogP contribution is -1.98. The van der Waals surface area contributed by atoms with Gasteiger partial charge in [0, 0.05) is 22.2 Å². The fraction of sp³-hybridized carbons (Fsp3) is 0.500. The number of unbranched alkanes of at least 4 members (excludes halogenated alkanes) is 9. The van der Waals surface area contributed by atoms with Gasteiger partial charge in [0.25, 0.3) is 0 Å². The van der Waals surface area contributed by atoms with Gasteiger partial charge >= 0.3 is 0 Å². The molecule has 0 radical (unpaired) electrons. The van der Waals surface area contributed by atoms with Gasteiger partial charge in [-0.15, -0.1) is 11.3 Å². The molecule has 1 aliphatic rings. The molecule has 2 aromatic heterocycles. The summed E-state index contributed by atoms with van der Waals surface area (Å²) in [4.78, 5) is 6.24. The van der Waals surface area contributed by atoms with Gasteiger partial charge in [-0.05, 0) is 72.5 Å². The molecule has 0 saturated carbocycles. The van der Waals surface area contributed by atoms with Crippen molar-refractivity contribution in [2.75, 3.05) is 6.61 Å². The number of hydrogen-bond acceptors (Lipinski definition) is 3. The van der Waals surface area contributed by atoms with Crippen LogP contribution in [0.15, 0.2) is 48.0 Å². The third-order valence-corrected chi connectivity index (χ3v) is 7.74. The molecule has 0 atom stereocenters. The Morgan fingerprint density at radius 3 is 2.21 bits per heavy atom. The Morgan fingerprint density at radius 2 is 1.52 bits per heavy atom. The summed E-state index contributed by atoms with van der Waals surface area (Å²) < 4.78 is 6.01. The minimum absolute atomic E-state index is 0.818. The third kappa shape index (κ3) is 6.69. The van der Waals surface area contributed by atoms with Crippen molar-refractivity contribution in [2.45, 2.75) is 90.4 Å². The minimum atomic E-state index is 0.818. The second-order valence-electron chi connectivity index (χ2n) is 9.36. The van der Waals surface area contributed by atoms with E-state index < -0.39 is 0 Å². The zero-order valence-electron chi connectivity index (χ0n) is 20.3. The number of aromatic nitrogens is 1. The van der Waals surface area contributed by atoms with E-state index in [0.29, 0.717) is 0 Å². The van der Waals surface area contributed by atoms with E-state index in [4.69, 9.17) is 9.72 Å². The maximum Gasteiger partial charge on any atom is 0.119 e. The van der Waals surface area contributed by atoms with Gasteiger partial charge in [-0.2, -0.15) is 0 Å². The lowest BCUT2D eigenvalue weighted by molar-refractivity contribution is 0.304. The van der Waals surface area contributed by atoms with Gasteiger partial charge in [0.15, 0.2) is 0 Å². The number of pyridine rings is 1. The normalized spacial score (nSPS) is 12.8. The van der Waals surface area contributed by atoms with Gasteiger partial charge in [-0.1, -0.05) is 70.8 Å². The summed E-state index contributed by atoms with van der Waals surface area (Å²) >= 11 is 1.81. The molecular formula is C30H39NOS. The van der Waals surface area contributed by atoms with E-state index >= 15 is 0 Å². The molecule has 4 rings (SSSR count). The molecule has 3 aromatic rings. The topological polar surface area (TPSA) is 22.1 Å². The number of benzene rings is 1. The predicted octanol–water partition coefficient (Wildman–Crippen LogP) is 9.27. The molecule has 0 fully saturated rings. The van der Waals surface area contributed by atoms with Gasteiger partial charge in [0.05, 0.1) is 12.3 Å². The van der Waals surface area contributed by atoms with Crippen molar-refractivity contribution < 1.29 is 4.74 Å². The average Bonchev–Trinajstić information content (AvgIpc) is 3.55. The molecule has 0 N–H and O–H groups in total. The molecule has 2 heterocycles. The van der Waals surface area contributed by atoms with Gasteiger partial charge in [0.2, 0.25) is 0 Å². The van der Waals surface area contributed by atoms with E-state index in [9.17, 15) is 0 Å². The minimum Gasteiger partial charge on any atom is -0.494 e. The van der Waals surface area contributed by atoms with E-state index in [2.05, 4.69) is 54.9 Å². The zero-order valence-corrected chi connectivity index (χ0v) is 21.1. The SMILES string of the molecule is CCCCCCCCCCCCOc1ccc(-c2ncc(-c3cccs3)c3c2CCC3)cc1. The van der Waals surface area contributed by atoms with E-state index in [1.54, 1.807) is 0 Å². The van der Waals surface area contributed by atoms with Gasteiger partial charge in [-0.25, -0.2) is 0 Å². The van der Waals surface area contributed by atoms with Crippen LogP contribution in [0.1, 0.15) is 88.7 Å². The van der Waals surface area contributed by atoms with Crippen molar-refractivity contribution in [3.8, 4) is 27.4 Å². The Morgan fingerprint density at radius 1 is 0.818 bits per heavy atom. The van der Waals surface area contributed by atoms with Crippen LogP contribution in [0.25, 0.3) is 21.7 Å². The Kier molecular flexibility index (Phi) is 9.41. The lowest BCUT2D eigenvalue weighted by Gasteiger charge is -2.12. The van der Waals surface area contributed by atoms with Crippen LogP contribution in [0.4, 0.5) is 0 Å². The second-order valence-corrected chi connectivity index (χ2v) is 10.3. The number of fused-ring (bicyclic) bond motifs is 1. The molecular weight excluding hydrogens is 422 g/mol. The first-order valence-electron chi connectivity index (χ1n) is 13.1. The van der Waals surface area contributed by atoms with Crippen molar-refractivity contribution >= 4 is 11.3 Å². The van der Waals surface area contributed by atoms with Gasteiger partial charge in [-0.3, -0.25) is 4.98 Å². The highest BCUT2D eigenvalue weighted by Gasteiger charge is 2.21. The van der Waals surface area contributed by atoms with E-state index in [-0.39, 0.29) is 0 Å². The van der Waals surface area contributed by atoms with Crippen molar-refractivity contribution in [3.63, 3.8) is 0 Å². The standard InChI is InChI=1S/C30H39NOS/c1-2-3-4-5-6-7-8-9-10-11-21-32-25-19-17-24(18-20-25)30-27-15-12-14-26(27)28(23-31-30)29-16-13-22-33-29/h13,16-20,22-23H,2-12,14-15,21H2,1H3. The Bertz CT molecular complexity index is 962. The van der Waals surface area contributed by atoms with Crippen LogP contribution in [0, 0.1) is 0 Å². The Hall–Kier alpha value is -2.13. The van der Waals surface area contributed by atoms with E-state index in [1.807, 2.05) is 11.3 Å². The van der Waals surface area contributed by atoms with E-state index in [0.717, 1.165) is 37.3 Å². The molecule has 1 aliphatic carbocycles. The summed E-state index contributed by atoms with van der Waals surface area (Å²) in [5.74, 6) is 0.974. The molecule has 0 aliphatic heterocycles. The number of nitrogens with zero attached hydrogens (tertiary/aromatic N) is 1. The maximum absolute atomic E-state index is 6.01. The van der Waals surface area contributed by atoms with Crippen LogP contribution in [0.3, 0.4) is 0 Å². The highest BCUT2D eigenvalue weighted by Crippen LogP contribution is 2.38. The number of thiophene rings is 1. The fourth-order valence-electron chi connectivity index (χ4n) is 4.97. The first-order valence-corrected chi connectivity index (χ1v) is 14.0. The van der Waals surface area contributed by atoms with Crippen LogP contribution in [-0.4, -0.2) is 11.6 Å². The first kappa shape index (κ1) is 24.0. The van der Waals surface area contributed by atoms with Crippen LogP contribution in [0.2, 0.25) is 0 Å². The van der Waals surface area contributed by atoms with Crippen LogP contribution in [-0.2, 0) is 12.8 Å². The van der Waals surface area contributed by atoms with E-state index in [1.165, 1.54) is 91.3 Å². The monoisotopic (exact) mass is 461 g/mol. The second kappa shape index (κ2) is 12.9. The Labute approximate surface area is 204 Å². The predicted molar refractivity (Wildman–Crippen MR) is 142 cm³/mol. The molecule has 2 nitrogen and oxygen atoms in total. The Balaban J connectivity index is 1.22. The molecule has 1 aromatic carbocycles. The van der Waals surface area contributed by atoms with Gasteiger partial charge in [0.1, 0.15) is 5.75 Å². The molecule has 176 valence electrons. The van der Waals surface area contributed by atoms with Crippen LogP contribution >= 0.6 is 11.3 Å². The maximum atomic E-state index is 6.01. The number of hydrogen-bond donors (Lipinski definition) is 0. The molecule has 3 heteroatoms. The molecule has 0 spiro atoms. The van der Waals surface area contributed by atoms with Crippen molar-refractivity contribution in [2.24, 2.45) is 0 Å². The molecule has 0 amide bonds. The first-order chi connectivity index (χ1) is 16.4. The van der Waals surface area contributed by atoms with Crippen molar-refractivity contribution in [1.82, 2.24) is 4.98 Å². The quantitative estimate of drug-likeness (QED) is 0.223. The third-order valence-electron chi connectivity index (χ3n) is 6.83. The average molecular weight is 462 g/mol. The molecule has 0 unspecified atom stereocenters.